The van der Waals surface area contributed by atoms with Crippen molar-refractivity contribution in [2.75, 3.05) is 20.1 Å². The van der Waals surface area contributed by atoms with Crippen LogP contribution in [0.3, 0.4) is 0 Å². The van der Waals surface area contributed by atoms with Gasteiger partial charge in [0, 0.05) is 18.2 Å². The molecule has 1 heterocycles. The Kier molecular flexibility index (Phi) is 4.33. The molecule has 20 heavy (non-hydrogen) atoms. The van der Waals surface area contributed by atoms with Crippen LogP contribution in [0.4, 0.5) is 0 Å². The zero-order chi connectivity index (χ0) is 14.8. The van der Waals surface area contributed by atoms with Crippen molar-refractivity contribution >= 4 is 5.91 Å². The van der Waals surface area contributed by atoms with Crippen LogP contribution < -0.4 is 10.1 Å². The SMILES string of the molecule is CN1CCC(NC(=O)c2ccc(OC(C)(C)C)cc2)C1. The van der Waals surface area contributed by atoms with Crippen molar-refractivity contribution in [1.82, 2.24) is 10.2 Å². The molecule has 1 atom stereocenters. The van der Waals surface area contributed by atoms with Crippen molar-refractivity contribution in [3.63, 3.8) is 0 Å². The van der Waals surface area contributed by atoms with Crippen molar-refractivity contribution in [3.05, 3.63) is 29.8 Å². The number of likely N-dealkylation sites (N-methyl/N-ethyl adjacent to an activating group) is 1. The smallest absolute Gasteiger partial charge is 0.251 e. The molecule has 1 aliphatic rings. The Morgan fingerprint density at radius 3 is 2.45 bits per heavy atom. The first-order chi connectivity index (χ1) is 9.33. The van der Waals surface area contributed by atoms with E-state index in [0.29, 0.717) is 5.56 Å². The Balaban J connectivity index is 1.94. The summed E-state index contributed by atoms with van der Waals surface area (Å²) in [4.78, 5) is 14.4. The van der Waals surface area contributed by atoms with Crippen molar-refractivity contribution < 1.29 is 9.53 Å². The molecular formula is C16H24N2O2. The summed E-state index contributed by atoms with van der Waals surface area (Å²) >= 11 is 0. The van der Waals surface area contributed by atoms with E-state index in [1.54, 1.807) is 0 Å². The average Bonchev–Trinajstić information content (AvgIpc) is 2.73. The number of rotatable bonds is 3. The summed E-state index contributed by atoms with van der Waals surface area (Å²) < 4.78 is 5.75. The van der Waals surface area contributed by atoms with E-state index >= 15 is 0 Å². The highest BCUT2D eigenvalue weighted by atomic mass is 16.5. The van der Waals surface area contributed by atoms with Crippen LogP contribution in [-0.4, -0.2) is 42.6 Å². The molecule has 1 aromatic rings. The van der Waals surface area contributed by atoms with Gasteiger partial charge in [0.1, 0.15) is 11.4 Å². The summed E-state index contributed by atoms with van der Waals surface area (Å²) in [5, 5.41) is 3.07. The van der Waals surface area contributed by atoms with Gasteiger partial charge in [0.25, 0.3) is 5.91 Å². The first-order valence-electron chi connectivity index (χ1n) is 7.12. The number of likely N-dealkylation sites (tertiary alicyclic amines) is 1. The van der Waals surface area contributed by atoms with Gasteiger partial charge in [0.05, 0.1) is 0 Å². The molecule has 1 unspecified atom stereocenters. The third-order valence-corrected chi connectivity index (χ3v) is 3.27. The lowest BCUT2D eigenvalue weighted by atomic mass is 10.1. The summed E-state index contributed by atoms with van der Waals surface area (Å²) in [6, 6.07) is 7.59. The highest BCUT2D eigenvalue weighted by molar-refractivity contribution is 5.94. The number of hydrogen-bond donors (Lipinski definition) is 1. The van der Waals surface area contributed by atoms with E-state index in [-0.39, 0.29) is 17.6 Å². The maximum Gasteiger partial charge on any atom is 0.251 e. The molecule has 1 aliphatic heterocycles. The standard InChI is InChI=1S/C16H24N2O2/c1-16(2,3)20-14-7-5-12(6-8-14)15(19)17-13-9-10-18(4)11-13/h5-8,13H,9-11H2,1-4H3,(H,17,19). The van der Waals surface area contributed by atoms with E-state index in [9.17, 15) is 4.79 Å². The first-order valence-corrected chi connectivity index (χ1v) is 7.12. The van der Waals surface area contributed by atoms with Gasteiger partial charge in [-0.15, -0.1) is 0 Å². The minimum atomic E-state index is -0.224. The molecule has 1 saturated heterocycles. The van der Waals surface area contributed by atoms with Crippen LogP contribution in [0.2, 0.25) is 0 Å². The van der Waals surface area contributed by atoms with Crippen LogP contribution in [0, 0.1) is 0 Å². The molecular weight excluding hydrogens is 252 g/mol. The molecule has 1 N–H and O–H groups in total. The van der Waals surface area contributed by atoms with Gasteiger partial charge < -0.3 is 15.0 Å². The minimum absolute atomic E-state index is 0.00684. The summed E-state index contributed by atoms with van der Waals surface area (Å²) in [6.45, 7) is 7.99. The van der Waals surface area contributed by atoms with Crippen molar-refractivity contribution in [2.45, 2.75) is 38.8 Å². The fourth-order valence-corrected chi connectivity index (χ4v) is 2.35. The van der Waals surface area contributed by atoms with Gasteiger partial charge in [-0.25, -0.2) is 0 Å². The largest absolute Gasteiger partial charge is 0.488 e. The molecule has 4 nitrogen and oxygen atoms in total. The van der Waals surface area contributed by atoms with Crippen molar-refractivity contribution in [3.8, 4) is 5.75 Å². The van der Waals surface area contributed by atoms with Gasteiger partial charge in [0.2, 0.25) is 0 Å². The van der Waals surface area contributed by atoms with Crippen molar-refractivity contribution in [1.29, 1.82) is 0 Å². The van der Waals surface area contributed by atoms with Gasteiger partial charge in [0.15, 0.2) is 0 Å². The number of carbonyl (C=O) groups is 1. The van der Waals surface area contributed by atoms with E-state index < -0.39 is 0 Å². The topological polar surface area (TPSA) is 41.6 Å². The molecule has 1 fully saturated rings. The molecule has 110 valence electrons. The summed E-state index contributed by atoms with van der Waals surface area (Å²) in [5.74, 6) is 0.780. The fraction of sp³-hybridized carbons (Fsp3) is 0.562. The molecule has 4 heteroatoms. The maximum atomic E-state index is 12.1. The van der Waals surface area contributed by atoms with E-state index in [0.717, 1.165) is 25.3 Å². The molecule has 0 aliphatic carbocycles. The molecule has 2 rings (SSSR count). The number of nitrogens with one attached hydrogen (secondary N) is 1. The Labute approximate surface area is 121 Å². The number of hydrogen-bond acceptors (Lipinski definition) is 3. The molecule has 0 spiro atoms. The fourth-order valence-electron chi connectivity index (χ4n) is 2.35. The zero-order valence-corrected chi connectivity index (χ0v) is 12.8. The highest BCUT2D eigenvalue weighted by Gasteiger charge is 2.21. The lowest BCUT2D eigenvalue weighted by molar-refractivity contribution is 0.0938. The second kappa shape index (κ2) is 5.83. The van der Waals surface area contributed by atoms with Gasteiger partial charge in [-0.1, -0.05) is 0 Å². The van der Waals surface area contributed by atoms with E-state index in [4.69, 9.17) is 4.74 Å². The van der Waals surface area contributed by atoms with Crippen LogP contribution in [0.25, 0.3) is 0 Å². The van der Waals surface area contributed by atoms with Crippen LogP contribution in [-0.2, 0) is 0 Å². The average molecular weight is 276 g/mol. The maximum absolute atomic E-state index is 12.1. The van der Waals surface area contributed by atoms with E-state index in [1.165, 1.54) is 0 Å². The second-order valence-corrected chi connectivity index (χ2v) is 6.46. The number of nitrogens with zero attached hydrogens (tertiary/aromatic N) is 1. The number of amides is 1. The Morgan fingerprint density at radius 2 is 1.95 bits per heavy atom. The lowest BCUT2D eigenvalue weighted by Crippen LogP contribution is -2.36. The van der Waals surface area contributed by atoms with Gasteiger partial charge in [-0.3, -0.25) is 4.79 Å². The quantitative estimate of drug-likeness (QED) is 0.921. The summed E-state index contributed by atoms with van der Waals surface area (Å²) in [6.07, 6.45) is 1.02. The Hall–Kier alpha value is -1.55. The van der Waals surface area contributed by atoms with Crippen LogP contribution in [0.15, 0.2) is 24.3 Å². The van der Waals surface area contributed by atoms with Gasteiger partial charge in [-0.2, -0.15) is 0 Å². The molecule has 0 bridgehead atoms. The Bertz CT molecular complexity index is 462. The molecule has 0 saturated carbocycles. The lowest BCUT2D eigenvalue weighted by Gasteiger charge is -2.21. The molecule has 1 amide bonds. The van der Waals surface area contributed by atoms with Crippen LogP contribution >= 0.6 is 0 Å². The summed E-state index contributed by atoms with van der Waals surface area (Å²) in [5.41, 5.74) is 0.457. The second-order valence-electron chi connectivity index (χ2n) is 6.46. The number of carbonyl (C=O) groups excluding carboxylic acids is 1. The number of ether oxygens (including phenoxy) is 1. The van der Waals surface area contributed by atoms with Crippen LogP contribution in [0.5, 0.6) is 5.75 Å². The predicted molar refractivity (Wildman–Crippen MR) is 80.2 cm³/mol. The molecule has 0 aromatic heterocycles. The van der Waals surface area contributed by atoms with E-state index in [1.807, 2.05) is 45.0 Å². The number of benzene rings is 1. The predicted octanol–water partition coefficient (Wildman–Crippen LogP) is 2.30. The Morgan fingerprint density at radius 1 is 1.30 bits per heavy atom. The third-order valence-electron chi connectivity index (χ3n) is 3.27. The zero-order valence-electron chi connectivity index (χ0n) is 12.8. The minimum Gasteiger partial charge on any atom is -0.488 e. The van der Waals surface area contributed by atoms with E-state index in [2.05, 4.69) is 17.3 Å². The first kappa shape index (κ1) is 14.9. The molecule has 1 aromatic carbocycles. The van der Waals surface area contributed by atoms with Crippen molar-refractivity contribution in [2.24, 2.45) is 0 Å². The highest BCUT2D eigenvalue weighted by Crippen LogP contribution is 2.18. The monoisotopic (exact) mass is 276 g/mol. The molecule has 0 radical (unpaired) electrons. The third kappa shape index (κ3) is 4.23. The normalized spacial score (nSPS) is 19.9. The van der Waals surface area contributed by atoms with Gasteiger partial charge >= 0.3 is 0 Å². The van der Waals surface area contributed by atoms with Gasteiger partial charge in [-0.05, 0) is 65.0 Å². The summed E-state index contributed by atoms with van der Waals surface area (Å²) in [7, 11) is 2.07. The van der Waals surface area contributed by atoms with Crippen LogP contribution in [0.1, 0.15) is 37.6 Å².